The summed E-state index contributed by atoms with van der Waals surface area (Å²) in [5.41, 5.74) is 3.89. The number of aromatic carboxylic acids is 1. The van der Waals surface area contributed by atoms with Crippen molar-refractivity contribution >= 4 is 5.97 Å². The standard InChI is InChI=1S/C23H23N3O3/c1-15-24-21(12-22(27)25-15)18-10-11-26(14-18)13-16-6-8-17(9-7-16)19-4-2-3-5-20(19)23(28)29/h2-9,12,18H,10-11,13-14H2,1H3,(H,28,29)(H,24,25,27). The van der Waals surface area contributed by atoms with Gasteiger partial charge in [0.25, 0.3) is 5.56 Å². The number of hydrogen-bond donors (Lipinski definition) is 2. The van der Waals surface area contributed by atoms with Crippen LogP contribution in [0, 0.1) is 6.92 Å². The molecule has 0 saturated carbocycles. The highest BCUT2D eigenvalue weighted by molar-refractivity contribution is 5.95. The molecule has 148 valence electrons. The first kappa shape index (κ1) is 19.1. The molecule has 2 N–H and O–H groups in total. The average molecular weight is 389 g/mol. The van der Waals surface area contributed by atoms with Crippen molar-refractivity contribution < 1.29 is 9.90 Å². The number of aromatic nitrogens is 2. The van der Waals surface area contributed by atoms with E-state index in [1.165, 1.54) is 5.56 Å². The lowest BCUT2D eigenvalue weighted by Crippen LogP contribution is -2.20. The van der Waals surface area contributed by atoms with Gasteiger partial charge in [-0.2, -0.15) is 0 Å². The Bertz CT molecular complexity index is 1090. The predicted octanol–water partition coefficient (Wildman–Crippen LogP) is 3.43. The van der Waals surface area contributed by atoms with Gasteiger partial charge in [-0.1, -0.05) is 42.5 Å². The Balaban J connectivity index is 1.45. The zero-order chi connectivity index (χ0) is 20.4. The zero-order valence-electron chi connectivity index (χ0n) is 16.3. The summed E-state index contributed by atoms with van der Waals surface area (Å²) in [5.74, 6) is 0.0114. The van der Waals surface area contributed by atoms with Gasteiger partial charge in [0.05, 0.1) is 11.3 Å². The summed E-state index contributed by atoms with van der Waals surface area (Å²) in [6, 6.07) is 16.7. The molecule has 0 bridgehead atoms. The van der Waals surface area contributed by atoms with Gasteiger partial charge in [0.1, 0.15) is 5.82 Å². The highest BCUT2D eigenvalue weighted by atomic mass is 16.4. The van der Waals surface area contributed by atoms with Gasteiger partial charge in [0, 0.05) is 25.1 Å². The van der Waals surface area contributed by atoms with E-state index in [2.05, 4.69) is 27.0 Å². The third-order valence-electron chi connectivity index (χ3n) is 5.40. The predicted molar refractivity (Wildman–Crippen MR) is 111 cm³/mol. The van der Waals surface area contributed by atoms with Crippen molar-refractivity contribution in [3.05, 3.63) is 87.6 Å². The summed E-state index contributed by atoms with van der Waals surface area (Å²) < 4.78 is 0. The number of nitrogens with one attached hydrogen (secondary N) is 1. The largest absolute Gasteiger partial charge is 0.478 e. The van der Waals surface area contributed by atoms with Crippen LogP contribution in [-0.4, -0.2) is 39.0 Å². The summed E-state index contributed by atoms with van der Waals surface area (Å²) in [6.45, 7) is 4.46. The highest BCUT2D eigenvalue weighted by Crippen LogP contribution is 2.28. The number of carbonyl (C=O) groups is 1. The monoisotopic (exact) mass is 389 g/mol. The van der Waals surface area contributed by atoms with Crippen LogP contribution in [0.1, 0.15) is 39.8 Å². The van der Waals surface area contributed by atoms with Crippen molar-refractivity contribution in [2.24, 2.45) is 0 Å². The molecule has 4 rings (SSSR count). The molecule has 0 amide bonds. The van der Waals surface area contributed by atoms with Crippen LogP contribution in [0.4, 0.5) is 0 Å². The van der Waals surface area contributed by atoms with E-state index in [4.69, 9.17) is 0 Å². The minimum Gasteiger partial charge on any atom is -0.478 e. The number of hydrogen-bond acceptors (Lipinski definition) is 4. The van der Waals surface area contributed by atoms with Crippen LogP contribution in [0.5, 0.6) is 0 Å². The zero-order valence-corrected chi connectivity index (χ0v) is 16.3. The summed E-state index contributed by atoms with van der Waals surface area (Å²) >= 11 is 0. The number of benzene rings is 2. The quantitative estimate of drug-likeness (QED) is 0.698. The molecule has 0 aliphatic carbocycles. The van der Waals surface area contributed by atoms with Crippen LogP contribution in [-0.2, 0) is 6.54 Å². The first-order chi connectivity index (χ1) is 14.0. The Labute approximate surface area is 168 Å². The average Bonchev–Trinajstić information content (AvgIpc) is 3.16. The molecule has 6 nitrogen and oxygen atoms in total. The van der Waals surface area contributed by atoms with Gasteiger partial charge >= 0.3 is 5.97 Å². The second-order valence-corrected chi connectivity index (χ2v) is 7.52. The molecule has 0 spiro atoms. The summed E-state index contributed by atoms with van der Waals surface area (Å²) in [4.78, 5) is 32.7. The fourth-order valence-electron chi connectivity index (χ4n) is 4.00. The van der Waals surface area contributed by atoms with Crippen LogP contribution < -0.4 is 5.56 Å². The first-order valence-electron chi connectivity index (χ1n) is 9.71. The summed E-state index contributed by atoms with van der Waals surface area (Å²) in [6.07, 6.45) is 0.986. The fraction of sp³-hybridized carbons (Fsp3) is 0.261. The van der Waals surface area contributed by atoms with E-state index >= 15 is 0 Å². The fourth-order valence-corrected chi connectivity index (χ4v) is 4.00. The molecule has 0 radical (unpaired) electrons. The van der Waals surface area contributed by atoms with Gasteiger partial charge in [-0.05, 0) is 42.6 Å². The van der Waals surface area contributed by atoms with Gasteiger partial charge < -0.3 is 10.1 Å². The maximum Gasteiger partial charge on any atom is 0.336 e. The van der Waals surface area contributed by atoms with E-state index in [0.29, 0.717) is 11.4 Å². The third-order valence-corrected chi connectivity index (χ3v) is 5.40. The topological polar surface area (TPSA) is 86.3 Å². The van der Waals surface area contributed by atoms with E-state index in [9.17, 15) is 14.7 Å². The summed E-state index contributed by atoms with van der Waals surface area (Å²) in [7, 11) is 0. The summed E-state index contributed by atoms with van der Waals surface area (Å²) in [5, 5.41) is 9.39. The normalized spacial score (nSPS) is 16.8. The number of H-pyrrole nitrogens is 1. The molecule has 6 heteroatoms. The number of nitrogens with zero attached hydrogens (tertiary/aromatic N) is 2. The van der Waals surface area contributed by atoms with E-state index in [0.717, 1.165) is 42.9 Å². The molecule has 1 saturated heterocycles. The van der Waals surface area contributed by atoms with Gasteiger partial charge in [0.2, 0.25) is 0 Å². The lowest BCUT2D eigenvalue weighted by molar-refractivity contribution is 0.0697. The Hall–Kier alpha value is -3.25. The molecule has 1 aliphatic heterocycles. The van der Waals surface area contributed by atoms with Crippen molar-refractivity contribution in [1.29, 1.82) is 0 Å². The van der Waals surface area contributed by atoms with Crippen LogP contribution >= 0.6 is 0 Å². The molecular weight excluding hydrogens is 366 g/mol. The molecule has 29 heavy (non-hydrogen) atoms. The second kappa shape index (κ2) is 8.01. The SMILES string of the molecule is Cc1nc(C2CCN(Cc3ccc(-c4ccccc4C(=O)O)cc3)C2)cc(=O)[nH]1. The van der Waals surface area contributed by atoms with Gasteiger partial charge in [-0.15, -0.1) is 0 Å². The Morgan fingerprint density at radius 2 is 1.97 bits per heavy atom. The minimum absolute atomic E-state index is 0.0943. The van der Waals surface area contributed by atoms with E-state index < -0.39 is 5.97 Å². The number of carboxylic acids is 1. The molecule has 1 fully saturated rings. The Kier molecular flexibility index (Phi) is 5.27. The molecule has 2 heterocycles. The van der Waals surface area contributed by atoms with Crippen LogP contribution in [0.25, 0.3) is 11.1 Å². The van der Waals surface area contributed by atoms with Crippen LogP contribution in [0.2, 0.25) is 0 Å². The lowest BCUT2D eigenvalue weighted by atomic mass is 9.98. The number of aromatic amines is 1. The molecule has 1 atom stereocenters. The maximum absolute atomic E-state index is 11.7. The molecule has 3 aromatic rings. The molecule has 1 unspecified atom stereocenters. The Morgan fingerprint density at radius 1 is 1.21 bits per heavy atom. The van der Waals surface area contributed by atoms with Crippen molar-refractivity contribution in [3.8, 4) is 11.1 Å². The van der Waals surface area contributed by atoms with Crippen molar-refractivity contribution in [2.45, 2.75) is 25.8 Å². The molecule has 1 aromatic heterocycles. The molecule has 1 aliphatic rings. The number of aryl methyl sites for hydroxylation is 1. The lowest BCUT2D eigenvalue weighted by Gasteiger charge is -2.16. The van der Waals surface area contributed by atoms with E-state index in [-0.39, 0.29) is 11.5 Å². The molecule has 2 aromatic carbocycles. The number of carboxylic acid groups (broad SMARTS) is 1. The van der Waals surface area contributed by atoms with E-state index in [1.54, 1.807) is 18.2 Å². The van der Waals surface area contributed by atoms with Crippen LogP contribution in [0.15, 0.2) is 59.4 Å². The highest BCUT2D eigenvalue weighted by Gasteiger charge is 2.25. The van der Waals surface area contributed by atoms with Crippen molar-refractivity contribution in [3.63, 3.8) is 0 Å². The van der Waals surface area contributed by atoms with Crippen molar-refractivity contribution in [1.82, 2.24) is 14.9 Å². The second-order valence-electron chi connectivity index (χ2n) is 7.52. The van der Waals surface area contributed by atoms with Gasteiger partial charge in [-0.25, -0.2) is 9.78 Å². The van der Waals surface area contributed by atoms with Crippen LogP contribution in [0.3, 0.4) is 0 Å². The minimum atomic E-state index is -0.920. The van der Waals surface area contributed by atoms with Gasteiger partial charge in [0.15, 0.2) is 0 Å². The maximum atomic E-state index is 11.7. The molecular formula is C23H23N3O3. The van der Waals surface area contributed by atoms with Crippen molar-refractivity contribution in [2.75, 3.05) is 13.1 Å². The number of likely N-dealkylation sites (tertiary alicyclic amines) is 1. The first-order valence-corrected chi connectivity index (χ1v) is 9.71. The van der Waals surface area contributed by atoms with E-state index in [1.807, 2.05) is 31.2 Å². The third kappa shape index (κ3) is 4.27. The van der Waals surface area contributed by atoms with Gasteiger partial charge in [-0.3, -0.25) is 9.69 Å². The number of rotatable bonds is 5. The smallest absolute Gasteiger partial charge is 0.336 e. The Morgan fingerprint density at radius 3 is 2.69 bits per heavy atom.